The largest absolute Gasteiger partial charge is 0.496 e. The molecule has 3 N–H and O–H groups in total. The van der Waals surface area contributed by atoms with Crippen molar-refractivity contribution in [1.29, 1.82) is 0 Å². The summed E-state index contributed by atoms with van der Waals surface area (Å²) in [5.41, 5.74) is 8.64. The third-order valence-corrected chi connectivity index (χ3v) is 4.49. The van der Waals surface area contributed by atoms with Gasteiger partial charge in [0.15, 0.2) is 0 Å². The van der Waals surface area contributed by atoms with Crippen molar-refractivity contribution in [2.24, 2.45) is 5.10 Å². The van der Waals surface area contributed by atoms with E-state index in [1.165, 1.54) is 12.7 Å². The number of ether oxygens (including phenoxy) is 1. The third-order valence-electron chi connectivity index (χ3n) is 4.49. The fourth-order valence-electron chi connectivity index (χ4n) is 3.18. The predicted octanol–water partition coefficient (Wildman–Crippen LogP) is 3.20. The molecule has 0 unspecified atom stereocenters. The number of nitrogens with zero attached hydrogens (tertiary/aromatic N) is 1. The topological polar surface area (TPSA) is 100 Å². The number of methoxy groups -OCH3 is 1. The number of hydrogen-bond acceptors (Lipinski definition) is 5. The summed E-state index contributed by atoms with van der Waals surface area (Å²) in [4.78, 5) is 23.2. The van der Waals surface area contributed by atoms with Gasteiger partial charge >= 0.3 is 5.97 Å². The van der Waals surface area contributed by atoms with Crippen LogP contribution in [0.15, 0.2) is 35.4 Å². The molecule has 0 saturated heterocycles. The Labute approximate surface area is 170 Å². The van der Waals surface area contributed by atoms with Gasteiger partial charge in [0, 0.05) is 11.3 Å². The second-order valence-corrected chi connectivity index (χ2v) is 6.96. The van der Waals surface area contributed by atoms with Crippen LogP contribution < -0.4 is 15.5 Å². The summed E-state index contributed by atoms with van der Waals surface area (Å²) < 4.78 is 5.20. The van der Waals surface area contributed by atoms with Gasteiger partial charge in [-0.25, -0.2) is 5.43 Å². The van der Waals surface area contributed by atoms with Crippen LogP contribution in [0, 0.1) is 20.8 Å². The normalized spacial score (nSPS) is 11.1. The molecule has 2 aromatic rings. The molecule has 2 rings (SSSR count). The Morgan fingerprint density at radius 1 is 1.10 bits per heavy atom. The molecule has 0 spiro atoms. The molecule has 1 amide bonds. The Morgan fingerprint density at radius 2 is 1.76 bits per heavy atom. The predicted molar refractivity (Wildman–Crippen MR) is 114 cm³/mol. The maximum Gasteiger partial charge on any atom is 0.307 e. The minimum atomic E-state index is -0.948. The molecule has 2 aromatic carbocycles. The smallest absolute Gasteiger partial charge is 0.307 e. The van der Waals surface area contributed by atoms with Crippen molar-refractivity contribution in [3.05, 3.63) is 58.1 Å². The van der Waals surface area contributed by atoms with Gasteiger partial charge in [0.1, 0.15) is 5.75 Å². The molecule has 0 radical (unpaired) electrons. The molecule has 0 aliphatic heterocycles. The van der Waals surface area contributed by atoms with Gasteiger partial charge in [-0.1, -0.05) is 17.7 Å². The van der Waals surface area contributed by atoms with E-state index < -0.39 is 5.97 Å². The number of nitrogens with one attached hydrogen (secondary N) is 2. The van der Waals surface area contributed by atoms with Crippen molar-refractivity contribution >= 4 is 23.3 Å². The number of carboxylic acids is 1. The van der Waals surface area contributed by atoms with E-state index in [0.29, 0.717) is 22.6 Å². The molecule has 7 heteroatoms. The standard InChI is InChI=1S/C22H27N3O4/c1-13-8-14(2)22(15(3)9-13)23-12-20(26)25-24-16(4)17-6-7-19(29-5)18(10-17)11-21(27)28/h6-10,23H,11-12H2,1-5H3,(H,25,26)(H,27,28)/b24-16-. The molecule has 29 heavy (non-hydrogen) atoms. The highest BCUT2D eigenvalue weighted by atomic mass is 16.5. The molecule has 7 nitrogen and oxygen atoms in total. The Hall–Kier alpha value is -3.35. The summed E-state index contributed by atoms with van der Waals surface area (Å²) in [7, 11) is 1.49. The number of aryl methyl sites for hydroxylation is 3. The molecular formula is C22H27N3O4. The first kappa shape index (κ1) is 21.9. The van der Waals surface area contributed by atoms with Gasteiger partial charge in [-0.15, -0.1) is 0 Å². The van der Waals surface area contributed by atoms with Gasteiger partial charge < -0.3 is 15.2 Å². The van der Waals surface area contributed by atoms with Gasteiger partial charge in [-0.2, -0.15) is 5.10 Å². The third kappa shape index (κ3) is 6.07. The lowest BCUT2D eigenvalue weighted by Gasteiger charge is -2.13. The summed E-state index contributed by atoms with van der Waals surface area (Å²) in [6, 6.07) is 9.29. The number of anilines is 1. The van der Waals surface area contributed by atoms with E-state index in [1.807, 2.05) is 20.8 Å². The van der Waals surface area contributed by atoms with Crippen LogP contribution >= 0.6 is 0 Å². The van der Waals surface area contributed by atoms with E-state index >= 15 is 0 Å². The van der Waals surface area contributed by atoms with Crippen molar-refractivity contribution in [2.75, 3.05) is 19.0 Å². The number of amides is 1. The van der Waals surface area contributed by atoms with E-state index in [4.69, 9.17) is 9.84 Å². The lowest BCUT2D eigenvalue weighted by atomic mass is 10.0. The lowest BCUT2D eigenvalue weighted by Crippen LogP contribution is -2.27. The Balaban J connectivity index is 2.04. The van der Waals surface area contributed by atoms with E-state index in [1.54, 1.807) is 25.1 Å². The van der Waals surface area contributed by atoms with Crippen LogP contribution in [-0.4, -0.2) is 36.3 Å². The lowest BCUT2D eigenvalue weighted by molar-refractivity contribution is -0.136. The number of benzene rings is 2. The van der Waals surface area contributed by atoms with E-state index in [0.717, 1.165) is 16.8 Å². The van der Waals surface area contributed by atoms with Crippen LogP contribution in [0.4, 0.5) is 5.69 Å². The zero-order chi connectivity index (χ0) is 21.6. The molecule has 0 saturated carbocycles. The number of hydrogen-bond donors (Lipinski definition) is 3. The number of carboxylic acid groups (broad SMARTS) is 1. The molecular weight excluding hydrogens is 370 g/mol. The zero-order valence-corrected chi connectivity index (χ0v) is 17.4. The Kier molecular flexibility index (Phi) is 7.36. The maximum absolute atomic E-state index is 12.2. The monoisotopic (exact) mass is 397 g/mol. The van der Waals surface area contributed by atoms with E-state index in [-0.39, 0.29) is 18.9 Å². The molecule has 0 bridgehead atoms. The molecule has 0 heterocycles. The highest BCUT2D eigenvalue weighted by molar-refractivity contribution is 5.99. The van der Waals surface area contributed by atoms with Gasteiger partial charge in [-0.05, 0) is 62.6 Å². The van der Waals surface area contributed by atoms with Crippen molar-refractivity contribution < 1.29 is 19.4 Å². The van der Waals surface area contributed by atoms with Crippen LogP contribution in [0.3, 0.4) is 0 Å². The van der Waals surface area contributed by atoms with Crippen LogP contribution in [-0.2, 0) is 16.0 Å². The quantitative estimate of drug-likeness (QED) is 0.469. The summed E-state index contributed by atoms with van der Waals surface area (Å²) in [6.07, 6.45) is -0.157. The molecule has 0 aromatic heterocycles. The molecule has 0 aliphatic carbocycles. The summed E-state index contributed by atoms with van der Waals surface area (Å²) in [5, 5.41) is 16.3. The number of carbonyl (C=O) groups excluding carboxylic acids is 1. The molecule has 0 atom stereocenters. The zero-order valence-electron chi connectivity index (χ0n) is 17.4. The van der Waals surface area contributed by atoms with Crippen molar-refractivity contribution in [2.45, 2.75) is 34.1 Å². The van der Waals surface area contributed by atoms with Gasteiger partial charge in [-0.3, -0.25) is 9.59 Å². The average molecular weight is 397 g/mol. The second kappa shape index (κ2) is 9.73. The summed E-state index contributed by atoms with van der Waals surface area (Å²) in [5.74, 6) is -0.722. The molecule has 0 fully saturated rings. The van der Waals surface area contributed by atoms with Crippen LogP contribution in [0.1, 0.15) is 34.7 Å². The fraction of sp³-hybridized carbons (Fsp3) is 0.318. The highest BCUT2D eigenvalue weighted by Crippen LogP contribution is 2.22. The average Bonchev–Trinajstić information content (AvgIpc) is 2.64. The van der Waals surface area contributed by atoms with Crippen molar-refractivity contribution in [3.8, 4) is 5.75 Å². The first-order chi connectivity index (χ1) is 13.7. The second-order valence-electron chi connectivity index (χ2n) is 6.96. The Morgan fingerprint density at radius 3 is 2.34 bits per heavy atom. The van der Waals surface area contributed by atoms with E-state index in [2.05, 4.69) is 28.0 Å². The van der Waals surface area contributed by atoms with Crippen LogP contribution in [0.25, 0.3) is 0 Å². The summed E-state index contributed by atoms with van der Waals surface area (Å²) >= 11 is 0. The minimum absolute atomic E-state index is 0.0917. The van der Waals surface area contributed by atoms with Crippen LogP contribution in [0.5, 0.6) is 5.75 Å². The van der Waals surface area contributed by atoms with Gasteiger partial charge in [0.2, 0.25) is 0 Å². The molecule has 0 aliphatic rings. The first-order valence-electron chi connectivity index (χ1n) is 9.25. The van der Waals surface area contributed by atoms with Crippen LogP contribution in [0.2, 0.25) is 0 Å². The fourth-order valence-corrected chi connectivity index (χ4v) is 3.18. The van der Waals surface area contributed by atoms with E-state index in [9.17, 15) is 9.59 Å². The maximum atomic E-state index is 12.2. The van der Waals surface area contributed by atoms with Crippen molar-refractivity contribution in [1.82, 2.24) is 5.43 Å². The minimum Gasteiger partial charge on any atom is -0.496 e. The van der Waals surface area contributed by atoms with Gasteiger partial charge in [0.25, 0.3) is 5.91 Å². The SMILES string of the molecule is COc1ccc(/C(C)=N\NC(=O)CNc2c(C)cc(C)cc2C)cc1CC(=O)O. The Bertz CT molecular complexity index is 928. The number of aliphatic carboxylic acids is 1. The highest BCUT2D eigenvalue weighted by Gasteiger charge is 2.11. The summed E-state index contributed by atoms with van der Waals surface area (Å²) in [6.45, 7) is 7.87. The van der Waals surface area contributed by atoms with Gasteiger partial charge in [0.05, 0.1) is 25.8 Å². The number of hydrazone groups is 1. The molecule has 154 valence electrons. The number of carbonyl (C=O) groups is 2. The first-order valence-corrected chi connectivity index (χ1v) is 9.25. The van der Waals surface area contributed by atoms with Crippen molar-refractivity contribution in [3.63, 3.8) is 0 Å². The number of rotatable bonds is 8.